The Morgan fingerprint density at radius 3 is 2.40 bits per heavy atom. The topological polar surface area (TPSA) is 78.0 Å². The number of ether oxygens (including phenoxy) is 1. The minimum Gasteiger partial charge on any atom is -0.469 e. The van der Waals surface area contributed by atoms with Crippen molar-refractivity contribution in [1.82, 2.24) is 0 Å². The molecule has 0 aliphatic heterocycles. The van der Waals surface area contributed by atoms with Gasteiger partial charge in [-0.15, -0.1) is 0 Å². The van der Waals surface area contributed by atoms with Crippen LogP contribution in [0.2, 0.25) is 0 Å². The average molecular weight is 514 g/mol. The van der Waals surface area contributed by atoms with Crippen molar-refractivity contribution in [2.24, 2.45) is 28.6 Å². The molecule has 1 aromatic rings. The van der Waals surface area contributed by atoms with Crippen LogP contribution in [0.15, 0.2) is 30.3 Å². The van der Waals surface area contributed by atoms with E-state index in [0.717, 1.165) is 32.1 Å². The molecule has 4 aliphatic carbocycles. The number of aliphatic hydroxyl groups excluding tert-OH is 1. The molecule has 6 atom stereocenters. The number of carbonyl (C=O) groups excluding carboxylic acids is 1. The van der Waals surface area contributed by atoms with Gasteiger partial charge in [0.25, 0.3) is 0 Å². The van der Waals surface area contributed by atoms with Crippen LogP contribution in [-0.4, -0.2) is 30.3 Å². The molecule has 0 aromatic heterocycles. The monoisotopic (exact) mass is 514 g/mol. The summed E-state index contributed by atoms with van der Waals surface area (Å²) in [5.41, 5.74) is 1.32. The van der Waals surface area contributed by atoms with E-state index in [9.17, 15) is 9.90 Å². The van der Waals surface area contributed by atoms with Crippen molar-refractivity contribution in [2.45, 2.75) is 37.5 Å². The molecule has 1 spiro atoms. The zero-order chi connectivity index (χ0) is 15.9. The van der Waals surface area contributed by atoms with Crippen LogP contribution in [0.3, 0.4) is 0 Å². The van der Waals surface area contributed by atoms with Crippen LogP contribution in [0.5, 0.6) is 0 Å². The largest absolute Gasteiger partial charge is 0.469 e. The molecule has 0 heterocycles. The summed E-state index contributed by atoms with van der Waals surface area (Å²) in [5, 5.41) is 9.95. The zero-order valence-corrected chi connectivity index (χ0v) is 17.5. The molecule has 136 valence electrons. The summed E-state index contributed by atoms with van der Waals surface area (Å²) < 4.78 is 5.28. The quantitative estimate of drug-likeness (QED) is 0.628. The Kier molecular flexibility index (Phi) is 4.50. The minimum absolute atomic E-state index is 0. The molecule has 0 radical (unpaired) electrons. The van der Waals surface area contributed by atoms with Gasteiger partial charge in [-0.05, 0) is 60.8 Å². The van der Waals surface area contributed by atoms with Crippen LogP contribution in [0.4, 0.5) is 0 Å². The Bertz CT molecular complexity index is 676. The predicted octanol–water partition coefficient (Wildman–Crippen LogP) is 2.09. The second-order valence-electron chi connectivity index (χ2n) is 8.46. The van der Waals surface area contributed by atoms with Gasteiger partial charge in [0.15, 0.2) is 0 Å². The molecule has 5 rings (SSSR count). The van der Waals surface area contributed by atoms with E-state index in [1.54, 1.807) is 0 Å². The third-order valence-corrected chi connectivity index (χ3v) is 8.20. The molecule has 1 aromatic carbocycles. The van der Waals surface area contributed by atoms with E-state index in [0.29, 0.717) is 17.8 Å². The molecule has 4 fully saturated rings. The summed E-state index contributed by atoms with van der Waals surface area (Å²) in [5.74, 6) is 1.44. The van der Waals surface area contributed by atoms with Crippen molar-refractivity contribution >= 4 is 5.97 Å². The van der Waals surface area contributed by atoms with E-state index >= 15 is 0 Å². The van der Waals surface area contributed by atoms with E-state index in [-0.39, 0.29) is 55.4 Å². The number of aliphatic hydroxyl groups is 1. The van der Waals surface area contributed by atoms with Crippen LogP contribution < -0.4 is 0 Å². The van der Waals surface area contributed by atoms with E-state index in [4.69, 9.17) is 4.74 Å². The van der Waals surface area contributed by atoms with Gasteiger partial charge in [0.1, 0.15) is 0 Å². The Morgan fingerprint density at radius 2 is 1.80 bits per heavy atom. The average Bonchev–Trinajstić information content (AvgIpc) is 2.93. The summed E-state index contributed by atoms with van der Waals surface area (Å²) in [6, 6.07) is 10.8. The fourth-order valence-corrected chi connectivity index (χ4v) is 7.63. The molecule has 6 unspecified atom stereocenters. The standard InChI is InChI=1S/C20H24O3.H2O.W/c1-23-17(22)19-8-14-10-20(19)9-13(16(14)11-21)7-18(20,12-19)15-5-3-2-4-6-15;;/h2-6,13-14,16,21H,7-12H2,1H3;1H2;. The fourth-order valence-electron chi connectivity index (χ4n) is 7.63. The number of hydrogen-bond donors (Lipinski definition) is 1. The summed E-state index contributed by atoms with van der Waals surface area (Å²) in [7, 11) is 1.54. The van der Waals surface area contributed by atoms with Crippen molar-refractivity contribution in [3.63, 3.8) is 0 Å². The SMILES string of the molecule is COC(=O)C12CC3CC14CC(CC4(c1ccccc1)C2)C3CO.O.[W]. The number of esters is 1. The number of fused-ring (bicyclic) bond motifs is 2. The maximum absolute atomic E-state index is 12.8. The molecule has 0 saturated heterocycles. The van der Waals surface area contributed by atoms with E-state index in [1.165, 1.54) is 12.7 Å². The maximum atomic E-state index is 12.8. The Morgan fingerprint density at radius 1 is 1.16 bits per heavy atom. The minimum atomic E-state index is -0.291. The van der Waals surface area contributed by atoms with Crippen LogP contribution in [-0.2, 0) is 36.0 Å². The molecule has 4 aliphatic rings. The molecule has 25 heavy (non-hydrogen) atoms. The summed E-state index contributed by atoms with van der Waals surface area (Å²) in [6.07, 6.45) is 5.20. The van der Waals surface area contributed by atoms with Gasteiger partial charge < -0.3 is 15.3 Å². The van der Waals surface area contributed by atoms with Crippen molar-refractivity contribution in [2.75, 3.05) is 13.7 Å². The van der Waals surface area contributed by atoms with E-state index in [2.05, 4.69) is 30.3 Å². The number of benzene rings is 1. The number of carbonyl (C=O) groups is 1. The van der Waals surface area contributed by atoms with E-state index in [1.807, 2.05) is 0 Å². The molecule has 4 nitrogen and oxygen atoms in total. The molecular weight excluding hydrogens is 488 g/mol. The van der Waals surface area contributed by atoms with Gasteiger partial charge >= 0.3 is 5.97 Å². The Labute approximate surface area is 162 Å². The third-order valence-electron chi connectivity index (χ3n) is 8.20. The first kappa shape index (κ1) is 19.1. The normalized spacial score (nSPS) is 45.0. The number of hydrogen-bond acceptors (Lipinski definition) is 3. The molecule has 3 N–H and O–H groups in total. The van der Waals surface area contributed by atoms with Crippen molar-refractivity contribution in [3.05, 3.63) is 35.9 Å². The summed E-state index contributed by atoms with van der Waals surface area (Å²) in [4.78, 5) is 12.8. The molecule has 4 saturated carbocycles. The van der Waals surface area contributed by atoms with Crippen molar-refractivity contribution in [1.29, 1.82) is 0 Å². The summed E-state index contributed by atoms with van der Waals surface area (Å²) >= 11 is 0. The third kappa shape index (κ3) is 1.86. The van der Waals surface area contributed by atoms with E-state index < -0.39 is 0 Å². The molecular formula is C20H26O4W. The van der Waals surface area contributed by atoms with Gasteiger partial charge in [-0.2, -0.15) is 0 Å². The molecule has 0 amide bonds. The fraction of sp³-hybridized carbons (Fsp3) is 0.650. The Hall–Kier alpha value is -0.702. The van der Waals surface area contributed by atoms with Gasteiger partial charge in [0, 0.05) is 33.1 Å². The smallest absolute Gasteiger partial charge is 0.312 e. The second-order valence-corrected chi connectivity index (χ2v) is 8.46. The number of rotatable bonds is 3. The van der Waals surface area contributed by atoms with Gasteiger partial charge in [0.2, 0.25) is 0 Å². The molecule has 3 bridgehead atoms. The van der Waals surface area contributed by atoms with Crippen LogP contribution in [0.25, 0.3) is 0 Å². The van der Waals surface area contributed by atoms with Gasteiger partial charge in [-0.3, -0.25) is 4.79 Å². The maximum Gasteiger partial charge on any atom is 0.312 e. The van der Waals surface area contributed by atoms with Crippen LogP contribution in [0, 0.1) is 28.6 Å². The van der Waals surface area contributed by atoms with Gasteiger partial charge in [-0.1, -0.05) is 30.3 Å². The van der Waals surface area contributed by atoms with Crippen molar-refractivity contribution in [3.8, 4) is 0 Å². The number of methoxy groups -OCH3 is 1. The second kappa shape index (κ2) is 5.90. The Balaban J connectivity index is 0.000000911. The van der Waals surface area contributed by atoms with Crippen LogP contribution >= 0.6 is 0 Å². The first-order valence-electron chi connectivity index (χ1n) is 8.87. The first-order valence-corrected chi connectivity index (χ1v) is 8.87. The van der Waals surface area contributed by atoms with Crippen LogP contribution in [0.1, 0.15) is 37.7 Å². The zero-order valence-electron chi connectivity index (χ0n) is 14.5. The summed E-state index contributed by atoms with van der Waals surface area (Å²) in [6.45, 7) is 0.271. The predicted molar refractivity (Wildman–Crippen MR) is 89.3 cm³/mol. The van der Waals surface area contributed by atoms with Crippen molar-refractivity contribution < 1.29 is 41.2 Å². The van der Waals surface area contributed by atoms with Gasteiger partial charge in [-0.25, -0.2) is 0 Å². The first-order chi connectivity index (χ1) is 11.1. The van der Waals surface area contributed by atoms with Gasteiger partial charge in [0.05, 0.1) is 12.5 Å². The molecule has 5 heteroatoms.